The fourth-order valence-corrected chi connectivity index (χ4v) is 2.22. The van der Waals surface area contributed by atoms with Crippen molar-refractivity contribution in [3.63, 3.8) is 0 Å². The summed E-state index contributed by atoms with van der Waals surface area (Å²) in [4.78, 5) is 11.8. The third-order valence-corrected chi connectivity index (χ3v) is 3.46. The van der Waals surface area contributed by atoms with E-state index in [2.05, 4.69) is 5.32 Å². The Labute approximate surface area is 125 Å². The second-order valence-electron chi connectivity index (χ2n) is 4.64. The maximum Gasteiger partial charge on any atom is 0.258 e. The number of benzene rings is 1. The van der Waals surface area contributed by atoms with Gasteiger partial charge in [-0.25, -0.2) is 0 Å². The summed E-state index contributed by atoms with van der Waals surface area (Å²) in [5.41, 5.74) is 6.49. The summed E-state index contributed by atoms with van der Waals surface area (Å²) in [6.45, 7) is 4.57. The maximum absolute atomic E-state index is 11.8. The topological polar surface area (TPSA) is 64.3 Å². The molecule has 0 radical (unpaired) electrons. The summed E-state index contributed by atoms with van der Waals surface area (Å²) < 4.78 is 5.57. The molecule has 0 aliphatic carbocycles. The van der Waals surface area contributed by atoms with Crippen LogP contribution in [0.1, 0.15) is 32.3 Å². The fourth-order valence-electron chi connectivity index (χ4n) is 1.97. The lowest BCUT2D eigenvalue weighted by Gasteiger charge is -2.16. The maximum atomic E-state index is 11.8. The number of ether oxygens (including phenoxy) is 1. The van der Waals surface area contributed by atoms with Crippen LogP contribution in [0.25, 0.3) is 0 Å². The second kappa shape index (κ2) is 8.82. The van der Waals surface area contributed by atoms with Crippen LogP contribution < -0.4 is 15.8 Å². The third kappa shape index (κ3) is 5.02. The highest BCUT2D eigenvalue weighted by molar-refractivity contribution is 6.32. The van der Waals surface area contributed by atoms with Gasteiger partial charge in [-0.15, -0.1) is 0 Å². The molecule has 0 fully saturated rings. The number of hydrogen-bond donors (Lipinski definition) is 2. The molecule has 112 valence electrons. The molecule has 0 saturated heterocycles. The number of carbonyl (C=O) groups excluding carboxylic acids is 1. The number of carbonyl (C=O) groups is 1. The van der Waals surface area contributed by atoms with Crippen LogP contribution in [0.3, 0.4) is 0 Å². The Morgan fingerprint density at radius 1 is 1.40 bits per heavy atom. The van der Waals surface area contributed by atoms with Crippen molar-refractivity contribution in [2.24, 2.45) is 5.73 Å². The van der Waals surface area contributed by atoms with Gasteiger partial charge in [-0.2, -0.15) is 0 Å². The zero-order chi connectivity index (χ0) is 15.0. The van der Waals surface area contributed by atoms with E-state index in [1.165, 1.54) is 0 Å². The lowest BCUT2D eigenvalue weighted by atomic mass is 10.1. The van der Waals surface area contributed by atoms with Crippen LogP contribution in [0.15, 0.2) is 18.2 Å². The normalized spacial score (nSPS) is 10.7. The molecule has 1 aromatic rings. The van der Waals surface area contributed by atoms with Crippen LogP contribution in [-0.2, 0) is 11.2 Å². The summed E-state index contributed by atoms with van der Waals surface area (Å²) in [5, 5.41) is 3.43. The Kier molecular flexibility index (Phi) is 7.41. The molecule has 0 atom stereocenters. The molecular formula is C15H23ClN2O2. The highest BCUT2D eigenvalue weighted by atomic mass is 35.5. The number of amides is 1. The zero-order valence-electron chi connectivity index (χ0n) is 12.1. The Bertz CT molecular complexity index is 434. The van der Waals surface area contributed by atoms with Crippen molar-refractivity contribution in [3.05, 3.63) is 28.8 Å². The van der Waals surface area contributed by atoms with E-state index in [0.29, 0.717) is 23.7 Å². The van der Waals surface area contributed by atoms with Gasteiger partial charge >= 0.3 is 0 Å². The minimum atomic E-state index is -0.127. The summed E-state index contributed by atoms with van der Waals surface area (Å²) in [6.07, 6.45) is 2.49. The molecule has 20 heavy (non-hydrogen) atoms. The molecule has 0 bridgehead atoms. The summed E-state index contributed by atoms with van der Waals surface area (Å²) in [7, 11) is 0. The van der Waals surface area contributed by atoms with E-state index < -0.39 is 0 Å². The molecule has 1 aromatic carbocycles. The molecular weight excluding hydrogens is 276 g/mol. The summed E-state index contributed by atoms with van der Waals surface area (Å²) in [6, 6.07) is 5.70. The van der Waals surface area contributed by atoms with Gasteiger partial charge in [-0.1, -0.05) is 37.6 Å². The lowest BCUT2D eigenvalue weighted by molar-refractivity contribution is -0.123. The van der Waals surface area contributed by atoms with E-state index in [1.54, 1.807) is 6.07 Å². The van der Waals surface area contributed by atoms with Gasteiger partial charge in [0.15, 0.2) is 6.61 Å². The van der Waals surface area contributed by atoms with E-state index in [4.69, 9.17) is 22.1 Å². The number of para-hydroxylation sites is 1. The minimum absolute atomic E-state index is 0.0300. The van der Waals surface area contributed by atoms with Gasteiger partial charge in [0.05, 0.1) is 5.02 Å². The molecule has 0 aliphatic heterocycles. The van der Waals surface area contributed by atoms with Crippen molar-refractivity contribution >= 4 is 17.5 Å². The van der Waals surface area contributed by atoms with Crippen LogP contribution in [0.4, 0.5) is 0 Å². The van der Waals surface area contributed by atoms with Crippen LogP contribution in [0, 0.1) is 0 Å². The number of nitrogens with one attached hydrogen (secondary N) is 1. The van der Waals surface area contributed by atoms with Crippen LogP contribution in [-0.4, -0.2) is 25.1 Å². The molecule has 3 N–H and O–H groups in total. The van der Waals surface area contributed by atoms with Crippen LogP contribution in [0.2, 0.25) is 5.02 Å². The predicted molar refractivity (Wildman–Crippen MR) is 82.2 cm³/mol. The molecule has 5 heteroatoms. The zero-order valence-corrected chi connectivity index (χ0v) is 12.9. The molecule has 0 spiro atoms. The van der Waals surface area contributed by atoms with Crippen LogP contribution >= 0.6 is 11.6 Å². The lowest BCUT2D eigenvalue weighted by Crippen LogP contribution is -2.37. The van der Waals surface area contributed by atoms with E-state index >= 15 is 0 Å². The van der Waals surface area contributed by atoms with Crippen molar-refractivity contribution in [1.29, 1.82) is 0 Å². The molecule has 0 saturated carbocycles. The van der Waals surface area contributed by atoms with Gasteiger partial charge in [0.2, 0.25) is 0 Å². The average Bonchev–Trinajstić information content (AvgIpc) is 2.44. The highest BCUT2D eigenvalue weighted by Gasteiger charge is 2.12. The van der Waals surface area contributed by atoms with Gasteiger partial charge in [0.25, 0.3) is 5.91 Å². The first-order chi connectivity index (χ1) is 9.62. The number of nitrogens with two attached hydrogens (primary N) is 1. The van der Waals surface area contributed by atoms with E-state index in [-0.39, 0.29) is 18.6 Å². The first kappa shape index (κ1) is 16.8. The van der Waals surface area contributed by atoms with Gasteiger partial charge in [0.1, 0.15) is 5.75 Å². The molecule has 4 nitrogen and oxygen atoms in total. The van der Waals surface area contributed by atoms with Gasteiger partial charge < -0.3 is 15.8 Å². The highest BCUT2D eigenvalue weighted by Crippen LogP contribution is 2.28. The largest absolute Gasteiger partial charge is 0.482 e. The Morgan fingerprint density at radius 2 is 2.10 bits per heavy atom. The Morgan fingerprint density at radius 3 is 2.70 bits per heavy atom. The van der Waals surface area contributed by atoms with Crippen LogP contribution in [0.5, 0.6) is 5.75 Å². The molecule has 0 aliphatic rings. The third-order valence-electron chi connectivity index (χ3n) is 3.16. The SMILES string of the molecule is CCC(CC)NC(=O)COc1c(Cl)cccc1CCN. The smallest absolute Gasteiger partial charge is 0.258 e. The Hall–Kier alpha value is -1.26. The first-order valence-electron chi connectivity index (χ1n) is 7.01. The standard InChI is InChI=1S/C15H23ClN2O2/c1-3-12(4-2)18-14(19)10-20-15-11(8-9-17)6-5-7-13(15)16/h5-7,12H,3-4,8-10,17H2,1-2H3,(H,18,19). The number of hydrogen-bond acceptors (Lipinski definition) is 3. The minimum Gasteiger partial charge on any atom is -0.482 e. The van der Waals surface area contributed by atoms with Crippen molar-refractivity contribution < 1.29 is 9.53 Å². The van der Waals surface area contributed by atoms with E-state index in [9.17, 15) is 4.79 Å². The molecule has 1 rings (SSSR count). The quantitative estimate of drug-likeness (QED) is 0.775. The molecule has 1 amide bonds. The van der Waals surface area contributed by atoms with Gasteiger partial charge in [-0.05, 0) is 37.4 Å². The number of halogens is 1. The summed E-state index contributed by atoms with van der Waals surface area (Å²) >= 11 is 6.11. The van der Waals surface area contributed by atoms with E-state index in [1.807, 2.05) is 26.0 Å². The fraction of sp³-hybridized carbons (Fsp3) is 0.533. The Balaban J connectivity index is 2.63. The number of rotatable bonds is 8. The average molecular weight is 299 g/mol. The molecule has 0 aromatic heterocycles. The molecule has 0 heterocycles. The van der Waals surface area contributed by atoms with Crippen molar-refractivity contribution in [1.82, 2.24) is 5.32 Å². The monoisotopic (exact) mass is 298 g/mol. The molecule has 0 unspecified atom stereocenters. The van der Waals surface area contributed by atoms with Gasteiger partial charge in [-0.3, -0.25) is 4.79 Å². The second-order valence-corrected chi connectivity index (χ2v) is 5.04. The van der Waals surface area contributed by atoms with Crippen molar-refractivity contribution in [2.45, 2.75) is 39.2 Å². The van der Waals surface area contributed by atoms with Crippen molar-refractivity contribution in [3.8, 4) is 5.75 Å². The first-order valence-corrected chi connectivity index (χ1v) is 7.39. The predicted octanol–water partition coefficient (Wildman–Crippen LogP) is 2.52. The van der Waals surface area contributed by atoms with E-state index in [0.717, 1.165) is 18.4 Å². The van der Waals surface area contributed by atoms with Gasteiger partial charge in [0, 0.05) is 6.04 Å². The van der Waals surface area contributed by atoms with Crippen molar-refractivity contribution in [2.75, 3.05) is 13.2 Å². The summed E-state index contributed by atoms with van der Waals surface area (Å²) in [5.74, 6) is 0.427.